The molecule has 5 heteroatoms. The van der Waals surface area contributed by atoms with Gasteiger partial charge in [0.1, 0.15) is 5.82 Å². The van der Waals surface area contributed by atoms with Crippen molar-refractivity contribution in [3.05, 3.63) is 53.1 Å². The number of rotatable bonds is 4. The van der Waals surface area contributed by atoms with E-state index >= 15 is 0 Å². The number of fused-ring (bicyclic) bond motifs is 1. The number of nitrogens with zero attached hydrogens (tertiary/aromatic N) is 3. The second-order valence-electron chi connectivity index (χ2n) is 7.01. The van der Waals surface area contributed by atoms with Gasteiger partial charge in [-0.15, -0.1) is 0 Å². The predicted octanol–water partition coefficient (Wildman–Crippen LogP) is 1.59. The molecular formula is C19H24N4O. The first kappa shape index (κ1) is 15.4. The second kappa shape index (κ2) is 6.06. The Bertz CT molecular complexity index is 741. The van der Waals surface area contributed by atoms with Crippen LogP contribution >= 0.6 is 0 Å². The molecule has 0 saturated carbocycles. The van der Waals surface area contributed by atoms with Crippen molar-refractivity contribution >= 4 is 5.91 Å². The molecule has 24 heavy (non-hydrogen) atoms. The summed E-state index contributed by atoms with van der Waals surface area (Å²) < 4.78 is 2.09. The van der Waals surface area contributed by atoms with Crippen LogP contribution < -0.4 is 5.32 Å². The van der Waals surface area contributed by atoms with Gasteiger partial charge < -0.3 is 14.8 Å². The molecule has 1 saturated heterocycles. The van der Waals surface area contributed by atoms with Crippen molar-refractivity contribution in [3.8, 4) is 0 Å². The summed E-state index contributed by atoms with van der Waals surface area (Å²) in [5.41, 5.74) is 3.96. The molecule has 0 bridgehead atoms. The van der Waals surface area contributed by atoms with E-state index in [-0.39, 0.29) is 11.9 Å². The number of benzene rings is 1. The summed E-state index contributed by atoms with van der Waals surface area (Å²) in [5.74, 6) is 1.30. The number of amides is 1. The fraction of sp³-hybridized carbons (Fsp3) is 0.474. The molecule has 1 amide bonds. The third-order valence-corrected chi connectivity index (χ3v) is 5.52. The summed E-state index contributed by atoms with van der Waals surface area (Å²) in [6, 6.07) is 9.13. The number of hydrogen-bond donors (Lipinski definition) is 1. The van der Waals surface area contributed by atoms with Crippen molar-refractivity contribution < 1.29 is 4.79 Å². The van der Waals surface area contributed by atoms with Crippen LogP contribution in [0, 0.1) is 6.92 Å². The summed E-state index contributed by atoms with van der Waals surface area (Å²) >= 11 is 0. The summed E-state index contributed by atoms with van der Waals surface area (Å²) in [4.78, 5) is 18.9. The molecule has 1 aliphatic carbocycles. The minimum Gasteiger partial charge on any atom is -0.337 e. The molecule has 1 aromatic carbocycles. The largest absolute Gasteiger partial charge is 0.337 e. The van der Waals surface area contributed by atoms with Gasteiger partial charge in [-0.1, -0.05) is 24.3 Å². The molecule has 1 fully saturated rings. The maximum absolute atomic E-state index is 12.5. The minimum atomic E-state index is 0.233. The molecule has 2 heterocycles. The van der Waals surface area contributed by atoms with Crippen LogP contribution in [0.3, 0.4) is 0 Å². The monoisotopic (exact) mass is 324 g/mol. The standard InChI is InChI=1S/C19H24N4O/c1-13-20-10-18(22(13)2)11-21-16-9-19(24)23(12-16)17-7-14-5-3-4-6-15(14)8-17/h3-6,10,16-17,21H,7-9,11-12H2,1-2H3. The molecule has 5 nitrogen and oxygen atoms in total. The molecule has 1 aromatic heterocycles. The third-order valence-electron chi connectivity index (χ3n) is 5.52. The van der Waals surface area contributed by atoms with Gasteiger partial charge in [0.2, 0.25) is 5.91 Å². The van der Waals surface area contributed by atoms with E-state index in [2.05, 4.69) is 44.0 Å². The zero-order valence-corrected chi connectivity index (χ0v) is 14.3. The highest BCUT2D eigenvalue weighted by Gasteiger charge is 2.36. The van der Waals surface area contributed by atoms with Gasteiger partial charge in [0.25, 0.3) is 0 Å². The van der Waals surface area contributed by atoms with Crippen molar-refractivity contribution in [1.82, 2.24) is 19.8 Å². The topological polar surface area (TPSA) is 50.2 Å². The van der Waals surface area contributed by atoms with Crippen molar-refractivity contribution in [2.24, 2.45) is 7.05 Å². The van der Waals surface area contributed by atoms with Crippen molar-refractivity contribution in [3.63, 3.8) is 0 Å². The Kier molecular flexibility index (Phi) is 3.88. The van der Waals surface area contributed by atoms with E-state index in [1.165, 1.54) is 11.1 Å². The number of aryl methyl sites for hydroxylation is 1. The number of likely N-dealkylation sites (tertiary alicyclic amines) is 1. The lowest BCUT2D eigenvalue weighted by atomic mass is 10.1. The number of nitrogens with one attached hydrogen (secondary N) is 1. The number of hydrogen-bond acceptors (Lipinski definition) is 3. The highest BCUT2D eigenvalue weighted by Crippen LogP contribution is 2.28. The molecule has 2 aromatic rings. The zero-order chi connectivity index (χ0) is 16.7. The molecule has 1 atom stereocenters. The number of imidazole rings is 1. The fourth-order valence-corrected chi connectivity index (χ4v) is 3.94. The van der Waals surface area contributed by atoms with E-state index in [4.69, 9.17) is 0 Å². The molecule has 1 aliphatic heterocycles. The Labute approximate surface area is 142 Å². The van der Waals surface area contributed by atoms with Crippen LogP contribution in [0.15, 0.2) is 30.5 Å². The zero-order valence-electron chi connectivity index (χ0n) is 14.3. The maximum Gasteiger partial charge on any atom is 0.224 e. The lowest BCUT2D eigenvalue weighted by molar-refractivity contribution is -0.129. The van der Waals surface area contributed by atoms with Crippen molar-refractivity contribution in [2.75, 3.05) is 6.54 Å². The van der Waals surface area contributed by atoms with E-state index in [9.17, 15) is 4.79 Å². The first-order valence-electron chi connectivity index (χ1n) is 8.68. The highest BCUT2D eigenvalue weighted by atomic mass is 16.2. The van der Waals surface area contributed by atoms with Gasteiger partial charge in [-0.3, -0.25) is 4.79 Å². The lowest BCUT2D eigenvalue weighted by Crippen LogP contribution is -2.39. The molecule has 0 radical (unpaired) electrons. The first-order chi connectivity index (χ1) is 11.6. The Hall–Kier alpha value is -2.14. The average molecular weight is 324 g/mol. The van der Waals surface area contributed by atoms with Crippen molar-refractivity contribution in [1.29, 1.82) is 0 Å². The van der Waals surface area contributed by atoms with Crippen LogP contribution in [-0.2, 0) is 31.2 Å². The molecule has 0 spiro atoms. The average Bonchev–Trinajstić information content (AvgIpc) is 3.24. The Morgan fingerprint density at radius 1 is 1.21 bits per heavy atom. The maximum atomic E-state index is 12.5. The lowest BCUT2D eigenvalue weighted by Gasteiger charge is -2.24. The molecule has 2 aliphatic rings. The predicted molar refractivity (Wildman–Crippen MR) is 92.5 cm³/mol. The normalized spacial score (nSPS) is 20.8. The van der Waals surface area contributed by atoms with E-state index in [1.54, 1.807) is 0 Å². The van der Waals surface area contributed by atoms with E-state index < -0.39 is 0 Å². The second-order valence-corrected chi connectivity index (χ2v) is 7.01. The Balaban J connectivity index is 1.37. The van der Waals surface area contributed by atoms with E-state index in [0.717, 1.165) is 37.4 Å². The molecule has 126 valence electrons. The Morgan fingerprint density at radius 2 is 1.92 bits per heavy atom. The number of carbonyl (C=O) groups is 1. The van der Waals surface area contributed by atoms with Crippen LogP contribution in [0.2, 0.25) is 0 Å². The highest BCUT2D eigenvalue weighted by molar-refractivity contribution is 5.79. The van der Waals surface area contributed by atoms with Crippen LogP contribution in [0.1, 0.15) is 29.1 Å². The van der Waals surface area contributed by atoms with Gasteiger partial charge in [0.05, 0.1) is 5.69 Å². The van der Waals surface area contributed by atoms with Gasteiger partial charge in [-0.2, -0.15) is 0 Å². The van der Waals surface area contributed by atoms with Crippen LogP contribution in [0.25, 0.3) is 0 Å². The number of aromatic nitrogens is 2. The molecule has 1 N–H and O–H groups in total. The van der Waals surface area contributed by atoms with Gasteiger partial charge in [-0.05, 0) is 30.9 Å². The van der Waals surface area contributed by atoms with E-state index in [1.807, 2.05) is 20.2 Å². The molecule has 1 unspecified atom stereocenters. The van der Waals surface area contributed by atoms with Gasteiger partial charge >= 0.3 is 0 Å². The quantitative estimate of drug-likeness (QED) is 0.929. The Morgan fingerprint density at radius 3 is 2.54 bits per heavy atom. The first-order valence-corrected chi connectivity index (χ1v) is 8.68. The minimum absolute atomic E-state index is 0.233. The van der Waals surface area contributed by atoms with Gasteiger partial charge in [0, 0.05) is 44.8 Å². The smallest absolute Gasteiger partial charge is 0.224 e. The van der Waals surface area contributed by atoms with E-state index in [0.29, 0.717) is 12.5 Å². The van der Waals surface area contributed by atoms with Crippen LogP contribution in [-0.4, -0.2) is 39.0 Å². The van der Waals surface area contributed by atoms with Gasteiger partial charge in [0.15, 0.2) is 0 Å². The van der Waals surface area contributed by atoms with Crippen molar-refractivity contribution in [2.45, 2.75) is 44.8 Å². The van der Waals surface area contributed by atoms with Crippen LogP contribution in [0.5, 0.6) is 0 Å². The van der Waals surface area contributed by atoms with Crippen LogP contribution in [0.4, 0.5) is 0 Å². The third kappa shape index (κ3) is 2.73. The summed E-state index contributed by atoms with van der Waals surface area (Å²) in [5, 5.41) is 3.53. The summed E-state index contributed by atoms with van der Waals surface area (Å²) in [7, 11) is 2.03. The molecule has 4 rings (SSSR count). The van der Waals surface area contributed by atoms with Gasteiger partial charge in [-0.25, -0.2) is 4.98 Å². The summed E-state index contributed by atoms with van der Waals surface area (Å²) in [6.45, 7) is 3.57. The molecular weight excluding hydrogens is 300 g/mol. The SMILES string of the molecule is Cc1ncc(CNC2CC(=O)N(C3Cc4ccccc4C3)C2)n1C. The number of carbonyl (C=O) groups excluding carboxylic acids is 1. The summed E-state index contributed by atoms with van der Waals surface area (Å²) in [6.07, 6.45) is 4.50. The fourth-order valence-electron chi connectivity index (χ4n) is 3.94.